The van der Waals surface area contributed by atoms with Crippen LogP contribution in [0.5, 0.6) is 0 Å². The van der Waals surface area contributed by atoms with Gasteiger partial charge in [0.2, 0.25) is 0 Å². The summed E-state index contributed by atoms with van der Waals surface area (Å²) in [5.74, 6) is 0. The highest BCUT2D eigenvalue weighted by Crippen LogP contribution is 1.86. The second-order valence-corrected chi connectivity index (χ2v) is 1.63. The van der Waals surface area contributed by atoms with Crippen molar-refractivity contribution in [3.8, 4) is 0 Å². The van der Waals surface area contributed by atoms with E-state index in [9.17, 15) is 0 Å². The maximum atomic E-state index is 8.80. The molecule has 0 spiro atoms. The quantitative estimate of drug-likeness (QED) is 0.406. The zero-order chi connectivity index (χ0) is 6.57. The van der Waals surface area contributed by atoms with E-state index in [1.54, 1.807) is 0 Å². The molecule has 0 heterocycles. The summed E-state index contributed by atoms with van der Waals surface area (Å²) in [5, 5.41) is 8.80. The standard InChI is InChI=1S/C5H12N2O/c1-2-5(8)4(7)3-6/h2,4-5,8H,1,3,6-7H2. The first-order valence-electron chi connectivity index (χ1n) is 2.48. The van der Waals surface area contributed by atoms with Crippen LogP contribution in [-0.2, 0) is 0 Å². The van der Waals surface area contributed by atoms with Crippen LogP contribution in [0.2, 0.25) is 0 Å². The highest BCUT2D eigenvalue weighted by Gasteiger charge is 2.06. The van der Waals surface area contributed by atoms with Crippen molar-refractivity contribution in [2.24, 2.45) is 11.5 Å². The number of hydrogen-bond acceptors (Lipinski definition) is 3. The van der Waals surface area contributed by atoms with Gasteiger partial charge in [-0.2, -0.15) is 0 Å². The molecule has 3 nitrogen and oxygen atoms in total. The van der Waals surface area contributed by atoms with Crippen LogP contribution in [-0.4, -0.2) is 23.8 Å². The first-order chi connectivity index (χ1) is 3.72. The van der Waals surface area contributed by atoms with Gasteiger partial charge in [-0.1, -0.05) is 6.08 Å². The molecular formula is C5H12N2O. The van der Waals surface area contributed by atoms with E-state index < -0.39 is 6.10 Å². The van der Waals surface area contributed by atoms with Crippen LogP contribution in [0.4, 0.5) is 0 Å². The molecule has 0 fully saturated rings. The van der Waals surface area contributed by atoms with Crippen LogP contribution < -0.4 is 11.5 Å². The van der Waals surface area contributed by atoms with E-state index in [1.807, 2.05) is 0 Å². The highest BCUT2D eigenvalue weighted by molar-refractivity contribution is 4.86. The van der Waals surface area contributed by atoms with Gasteiger partial charge in [-0.15, -0.1) is 6.58 Å². The van der Waals surface area contributed by atoms with Crippen LogP contribution in [0.15, 0.2) is 12.7 Å². The van der Waals surface area contributed by atoms with Gasteiger partial charge >= 0.3 is 0 Å². The summed E-state index contributed by atoms with van der Waals surface area (Å²) >= 11 is 0. The molecule has 0 bridgehead atoms. The van der Waals surface area contributed by atoms with Gasteiger partial charge in [0.05, 0.1) is 6.10 Å². The number of rotatable bonds is 3. The Kier molecular flexibility index (Phi) is 3.43. The third-order valence-corrected chi connectivity index (χ3v) is 0.952. The lowest BCUT2D eigenvalue weighted by atomic mass is 10.2. The second-order valence-electron chi connectivity index (χ2n) is 1.63. The fraction of sp³-hybridized carbons (Fsp3) is 0.600. The van der Waals surface area contributed by atoms with Gasteiger partial charge in [0.1, 0.15) is 0 Å². The summed E-state index contributed by atoms with van der Waals surface area (Å²) in [7, 11) is 0. The van der Waals surface area contributed by atoms with Gasteiger partial charge in [-0.05, 0) is 0 Å². The van der Waals surface area contributed by atoms with Crippen molar-refractivity contribution in [2.75, 3.05) is 6.54 Å². The van der Waals surface area contributed by atoms with Crippen molar-refractivity contribution in [1.29, 1.82) is 0 Å². The average Bonchev–Trinajstić information content (AvgIpc) is 1.84. The summed E-state index contributed by atoms with van der Waals surface area (Å²) in [6, 6.07) is -0.368. The average molecular weight is 116 g/mol. The first kappa shape index (κ1) is 7.62. The minimum Gasteiger partial charge on any atom is -0.387 e. The van der Waals surface area contributed by atoms with Gasteiger partial charge in [0.15, 0.2) is 0 Å². The van der Waals surface area contributed by atoms with E-state index in [0.717, 1.165) is 0 Å². The van der Waals surface area contributed by atoms with Gasteiger partial charge in [-0.25, -0.2) is 0 Å². The topological polar surface area (TPSA) is 72.3 Å². The molecule has 8 heavy (non-hydrogen) atoms. The van der Waals surface area contributed by atoms with Crippen LogP contribution >= 0.6 is 0 Å². The highest BCUT2D eigenvalue weighted by atomic mass is 16.3. The third kappa shape index (κ3) is 2.07. The van der Waals surface area contributed by atoms with Crippen LogP contribution in [0.3, 0.4) is 0 Å². The molecular weight excluding hydrogens is 104 g/mol. The van der Waals surface area contributed by atoms with E-state index >= 15 is 0 Å². The van der Waals surface area contributed by atoms with E-state index in [-0.39, 0.29) is 12.6 Å². The van der Waals surface area contributed by atoms with E-state index in [4.69, 9.17) is 16.6 Å². The Labute approximate surface area is 49.0 Å². The molecule has 0 radical (unpaired) electrons. The maximum Gasteiger partial charge on any atom is 0.0881 e. The maximum absolute atomic E-state index is 8.80. The van der Waals surface area contributed by atoms with E-state index in [1.165, 1.54) is 6.08 Å². The Hall–Kier alpha value is -0.380. The predicted octanol–water partition coefficient (Wildman–Crippen LogP) is -1.18. The molecule has 0 aliphatic carbocycles. The summed E-state index contributed by atoms with van der Waals surface area (Å²) < 4.78 is 0. The summed E-state index contributed by atoms with van der Waals surface area (Å²) in [5.41, 5.74) is 10.4. The Morgan fingerprint density at radius 3 is 2.38 bits per heavy atom. The van der Waals surface area contributed by atoms with Gasteiger partial charge in [0.25, 0.3) is 0 Å². The molecule has 0 saturated heterocycles. The zero-order valence-electron chi connectivity index (χ0n) is 4.75. The lowest BCUT2D eigenvalue weighted by Crippen LogP contribution is -2.39. The lowest BCUT2D eigenvalue weighted by molar-refractivity contribution is 0.194. The molecule has 2 unspecified atom stereocenters. The number of hydrogen-bond donors (Lipinski definition) is 3. The first-order valence-corrected chi connectivity index (χ1v) is 2.48. The van der Waals surface area contributed by atoms with Crippen molar-refractivity contribution in [3.63, 3.8) is 0 Å². The summed E-state index contributed by atoms with van der Waals surface area (Å²) in [6.07, 6.45) is 0.706. The number of nitrogens with two attached hydrogens (primary N) is 2. The van der Waals surface area contributed by atoms with Gasteiger partial charge in [-0.3, -0.25) is 0 Å². The monoisotopic (exact) mass is 116 g/mol. The Morgan fingerprint density at radius 2 is 2.25 bits per heavy atom. The second kappa shape index (κ2) is 3.60. The molecule has 5 N–H and O–H groups in total. The number of aliphatic hydroxyl groups excluding tert-OH is 1. The van der Waals surface area contributed by atoms with E-state index in [0.29, 0.717) is 0 Å². The molecule has 0 aliphatic rings. The SMILES string of the molecule is C=CC(O)C(N)CN. The Bertz CT molecular complexity index is 74.8. The van der Waals surface area contributed by atoms with Crippen LogP contribution in [0, 0.1) is 0 Å². The molecule has 2 atom stereocenters. The third-order valence-electron chi connectivity index (χ3n) is 0.952. The van der Waals surface area contributed by atoms with Crippen LogP contribution in [0.25, 0.3) is 0 Å². The largest absolute Gasteiger partial charge is 0.387 e. The normalized spacial score (nSPS) is 17.4. The fourth-order valence-electron chi connectivity index (χ4n) is 0.314. The Morgan fingerprint density at radius 1 is 1.75 bits per heavy atom. The molecule has 0 aromatic heterocycles. The van der Waals surface area contributed by atoms with Crippen molar-refractivity contribution in [2.45, 2.75) is 12.1 Å². The summed E-state index contributed by atoms with van der Waals surface area (Å²) in [4.78, 5) is 0. The minimum atomic E-state index is -0.667. The molecule has 0 aromatic carbocycles. The van der Waals surface area contributed by atoms with Gasteiger partial charge < -0.3 is 16.6 Å². The zero-order valence-corrected chi connectivity index (χ0v) is 4.75. The van der Waals surface area contributed by atoms with Crippen molar-refractivity contribution < 1.29 is 5.11 Å². The molecule has 0 saturated carbocycles. The molecule has 0 aromatic rings. The smallest absolute Gasteiger partial charge is 0.0881 e. The molecule has 0 amide bonds. The molecule has 0 aliphatic heterocycles. The molecule has 3 heteroatoms. The van der Waals surface area contributed by atoms with Crippen molar-refractivity contribution in [3.05, 3.63) is 12.7 Å². The fourth-order valence-corrected chi connectivity index (χ4v) is 0.314. The Balaban J connectivity index is 3.44. The van der Waals surface area contributed by atoms with Gasteiger partial charge in [0, 0.05) is 12.6 Å². The van der Waals surface area contributed by atoms with Crippen LogP contribution in [0.1, 0.15) is 0 Å². The van der Waals surface area contributed by atoms with Crippen molar-refractivity contribution in [1.82, 2.24) is 0 Å². The summed E-state index contributed by atoms with van der Waals surface area (Å²) in [6.45, 7) is 3.63. The minimum absolute atomic E-state index is 0.285. The predicted molar refractivity (Wildman–Crippen MR) is 33.2 cm³/mol. The van der Waals surface area contributed by atoms with Crippen molar-refractivity contribution >= 4 is 0 Å². The lowest BCUT2D eigenvalue weighted by Gasteiger charge is -2.11. The molecule has 0 rings (SSSR count). The van der Waals surface area contributed by atoms with E-state index in [2.05, 4.69) is 6.58 Å². The number of aliphatic hydroxyl groups is 1. The molecule has 48 valence electrons.